The molecule has 0 amide bonds. The van der Waals surface area contributed by atoms with Crippen LogP contribution >= 0.6 is 0 Å². The fourth-order valence-electron chi connectivity index (χ4n) is 3.04. The molecule has 0 bridgehead atoms. The van der Waals surface area contributed by atoms with E-state index < -0.39 is 0 Å². The van der Waals surface area contributed by atoms with Crippen molar-refractivity contribution in [3.63, 3.8) is 0 Å². The van der Waals surface area contributed by atoms with Crippen molar-refractivity contribution in [1.82, 2.24) is 15.2 Å². The molecule has 116 valence electrons. The smallest absolute Gasteiger partial charge is 0.0544 e. The molecule has 1 saturated heterocycles. The molecule has 0 saturated carbocycles. The summed E-state index contributed by atoms with van der Waals surface area (Å²) in [5.41, 5.74) is 5.18. The number of aryl methyl sites for hydroxylation is 2. The Balaban J connectivity index is 1.76. The van der Waals surface area contributed by atoms with Crippen molar-refractivity contribution in [1.29, 1.82) is 0 Å². The second-order valence-electron chi connectivity index (χ2n) is 6.11. The summed E-state index contributed by atoms with van der Waals surface area (Å²) in [5.74, 6) is 0. The van der Waals surface area contributed by atoms with Gasteiger partial charge in [0.1, 0.15) is 0 Å². The Hall–Kier alpha value is -1.71. The van der Waals surface area contributed by atoms with Crippen LogP contribution in [0.15, 0.2) is 42.6 Å². The first kappa shape index (κ1) is 15.2. The first-order valence-electron chi connectivity index (χ1n) is 8.21. The van der Waals surface area contributed by atoms with Gasteiger partial charge in [0, 0.05) is 38.4 Å². The zero-order chi connectivity index (χ0) is 15.4. The van der Waals surface area contributed by atoms with E-state index in [0.717, 1.165) is 38.3 Å². The molecule has 0 radical (unpaired) electrons. The van der Waals surface area contributed by atoms with Gasteiger partial charge in [-0.25, -0.2) is 0 Å². The number of pyridine rings is 1. The SMILES string of the molecule is CCc1ccc(C2CNCCN2Cc2ccc(C)cn2)cc1. The van der Waals surface area contributed by atoms with Gasteiger partial charge in [-0.05, 0) is 36.1 Å². The first-order chi connectivity index (χ1) is 10.8. The highest BCUT2D eigenvalue weighted by molar-refractivity contribution is 5.26. The summed E-state index contributed by atoms with van der Waals surface area (Å²) in [6, 6.07) is 13.8. The molecule has 0 aliphatic carbocycles. The van der Waals surface area contributed by atoms with Gasteiger partial charge in [-0.15, -0.1) is 0 Å². The lowest BCUT2D eigenvalue weighted by Crippen LogP contribution is -2.45. The number of hydrogen-bond acceptors (Lipinski definition) is 3. The molecule has 1 aromatic carbocycles. The second kappa shape index (κ2) is 7.03. The highest BCUT2D eigenvalue weighted by Crippen LogP contribution is 2.24. The normalized spacial score (nSPS) is 19.3. The lowest BCUT2D eigenvalue weighted by molar-refractivity contribution is 0.152. The quantitative estimate of drug-likeness (QED) is 0.939. The van der Waals surface area contributed by atoms with Crippen molar-refractivity contribution in [2.24, 2.45) is 0 Å². The fourth-order valence-corrected chi connectivity index (χ4v) is 3.04. The first-order valence-corrected chi connectivity index (χ1v) is 8.21. The zero-order valence-electron chi connectivity index (χ0n) is 13.5. The molecule has 1 fully saturated rings. The monoisotopic (exact) mass is 295 g/mol. The molecule has 1 aliphatic rings. The van der Waals surface area contributed by atoms with Crippen LogP contribution in [0.4, 0.5) is 0 Å². The third kappa shape index (κ3) is 3.54. The molecule has 3 heteroatoms. The number of rotatable bonds is 4. The fraction of sp³-hybridized carbons (Fsp3) is 0.421. The van der Waals surface area contributed by atoms with E-state index in [1.807, 2.05) is 6.20 Å². The Labute approximate surface area is 133 Å². The summed E-state index contributed by atoms with van der Waals surface area (Å²) in [5, 5.41) is 3.52. The average Bonchev–Trinajstić information content (AvgIpc) is 2.58. The largest absolute Gasteiger partial charge is 0.314 e. The van der Waals surface area contributed by atoms with E-state index in [1.54, 1.807) is 0 Å². The molecular formula is C19H25N3. The minimum atomic E-state index is 0.433. The summed E-state index contributed by atoms with van der Waals surface area (Å²) < 4.78 is 0. The standard InChI is InChI=1S/C19H25N3/c1-3-16-5-7-17(8-6-16)19-13-20-10-11-22(19)14-18-9-4-15(2)12-21-18/h4-9,12,19-20H,3,10-11,13-14H2,1-2H3. The minimum Gasteiger partial charge on any atom is -0.314 e. The molecule has 1 aliphatic heterocycles. The number of nitrogens with one attached hydrogen (secondary N) is 1. The van der Waals surface area contributed by atoms with E-state index in [2.05, 4.69) is 65.4 Å². The third-order valence-corrected chi connectivity index (χ3v) is 4.46. The van der Waals surface area contributed by atoms with Gasteiger partial charge in [0.25, 0.3) is 0 Å². The molecular weight excluding hydrogens is 270 g/mol. The summed E-state index contributed by atoms with van der Waals surface area (Å²) in [6.07, 6.45) is 3.06. The minimum absolute atomic E-state index is 0.433. The Morgan fingerprint density at radius 2 is 2.00 bits per heavy atom. The maximum Gasteiger partial charge on any atom is 0.0544 e. The van der Waals surface area contributed by atoms with Crippen LogP contribution in [0, 0.1) is 6.92 Å². The number of benzene rings is 1. The number of aromatic nitrogens is 1. The summed E-state index contributed by atoms with van der Waals surface area (Å²) in [6.45, 7) is 8.33. The number of piperazine rings is 1. The molecule has 22 heavy (non-hydrogen) atoms. The zero-order valence-corrected chi connectivity index (χ0v) is 13.5. The molecule has 1 unspecified atom stereocenters. The number of hydrogen-bond donors (Lipinski definition) is 1. The van der Waals surface area contributed by atoms with Gasteiger partial charge in [0.2, 0.25) is 0 Å². The lowest BCUT2D eigenvalue weighted by atomic mass is 10.0. The van der Waals surface area contributed by atoms with E-state index in [4.69, 9.17) is 0 Å². The number of nitrogens with zero attached hydrogens (tertiary/aromatic N) is 2. The van der Waals surface area contributed by atoms with Crippen molar-refractivity contribution in [3.05, 3.63) is 65.0 Å². The summed E-state index contributed by atoms with van der Waals surface area (Å²) in [7, 11) is 0. The van der Waals surface area contributed by atoms with Crippen molar-refractivity contribution in [2.45, 2.75) is 32.9 Å². The molecule has 1 atom stereocenters. The van der Waals surface area contributed by atoms with E-state index in [1.165, 1.54) is 16.7 Å². The van der Waals surface area contributed by atoms with Crippen LogP contribution in [0.25, 0.3) is 0 Å². The Kier molecular flexibility index (Phi) is 4.86. The Morgan fingerprint density at radius 3 is 2.68 bits per heavy atom. The van der Waals surface area contributed by atoms with Gasteiger partial charge >= 0.3 is 0 Å². The van der Waals surface area contributed by atoms with Crippen molar-refractivity contribution >= 4 is 0 Å². The van der Waals surface area contributed by atoms with Crippen molar-refractivity contribution in [2.75, 3.05) is 19.6 Å². The van der Waals surface area contributed by atoms with Crippen LogP contribution in [0.2, 0.25) is 0 Å². The van der Waals surface area contributed by atoms with Crippen LogP contribution in [0.3, 0.4) is 0 Å². The van der Waals surface area contributed by atoms with Crippen LogP contribution in [0.5, 0.6) is 0 Å². The average molecular weight is 295 g/mol. The maximum absolute atomic E-state index is 4.57. The van der Waals surface area contributed by atoms with E-state index in [0.29, 0.717) is 6.04 Å². The van der Waals surface area contributed by atoms with E-state index >= 15 is 0 Å². The highest BCUT2D eigenvalue weighted by atomic mass is 15.2. The van der Waals surface area contributed by atoms with Gasteiger partial charge < -0.3 is 5.32 Å². The molecule has 3 rings (SSSR count). The predicted octanol–water partition coefficient (Wildman–Crippen LogP) is 3.10. The van der Waals surface area contributed by atoms with Gasteiger partial charge in [0.05, 0.1) is 5.69 Å². The summed E-state index contributed by atoms with van der Waals surface area (Å²) >= 11 is 0. The van der Waals surface area contributed by atoms with Gasteiger partial charge in [-0.1, -0.05) is 37.3 Å². The van der Waals surface area contributed by atoms with Crippen LogP contribution < -0.4 is 5.32 Å². The maximum atomic E-state index is 4.57. The lowest BCUT2D eigenvalue weighted by Gasteiger charge is -2.36. The highest BCUT2D eigenvalue weighted by Gasteiger charge is 2.23. The van der Waals surface area contributed by atoms with Gasteiger partial charge in [0.15, 0.2) is 0 Å². The van der Waals surface area contributed by atoms with E-state index in [-0.39, 0.29) is 0 Å². The Bertz CT molecular complexity index is 589. The molecule has 1 N–H and O–H groups in total. The third-order valence-electron chi connectivity index (χ3n) is 4.46. The molecule has 2 aromatic rings. The van der Waals surface area contributed by atoms with Gasteiger partial charge in [-0.3, -0.25) is 9.88 Å². The van der Waals surface area contributed by atoms with Crippen LogP contribution in [-0.2, 0) is 13.0 Å². The van der Waals surface area contributed by atoms with E-state index in [9.17, 15) is 0 Å². The van der Waals surface area contributed by atoms with Crippen LogP contribution in [-0.4, -0.2) is 29.5 Å². The molecule has 0 spiro atoms. The molecule has 2 heterocycles. The van der Waals surface area contributed by atoms with Crippen molar-refractivity contribution in [3.8, 4) is 0 Å². The molecule has 3 nitrogen and oxygen atoms in total. The molecule has 1 aromatic heterocycles. The van der Waals surface area contributed by atoms with Crippen molar-refractivity contribution < 1.29 is 0 Å². The topological polar surface area (TPSA) is 28.2 Å². The second-order valence-corrected chi connectivity index (χ2v) is 6.11. The Morgan fingerprint density at radius 1 is 1.18 bits per heavy atom. The predicted molar refractivity (Wildman–Crippen MR) is 90.8 cm³/mol. The summed E-state index contributed by atoms with van der Waals surface area (Å²) in [4.78, 5) is 7.10. The van der Waals surface area contributed by atoms with Gasteiger partial charge in [-0.2, -0.15) is 0 Å². The van der Waals surface area contributed by atoms with Crippen LogP contribution in [0.1, 0.15) is 35.3 Å².